The number of benzene rings is 1. The maximum atomic E-state index is 12.7. The summed E-state index contributed by atoms with van der Waals surface area (Å²) in [6, 6.07) is 5.08. The smallest absolute Gasteiger partial charge is 0.293 e. The molecule has 0 N–H and O–H groups in total. The van der Waals surface area contributed by atoms with Crippen LogP contribution in [0.2, 0.25) is 0 Å². The lowest BCUT2D eigenvalue weighted by molar-refractivity contribution is -0.384. The highest BCUT2D eigenvalue weighted by Crippen LogP contribution is 2.29. The van der Waals surface area contributed by atoms with Gasteiger partial charge in [0.25, 0.3) is 11.6 Å². The summed E-state index contributed by atoms with van der Waals surface area (Å²) in [6.07, 6.45) is 0.950. The summed E-state index contributed by atoms with van der Waals surface area (Å²) in [7, 11) is 3.50. The van der Waals surface area contributed by atoms with Gasteiger partial charge in [-0.05, 0) is 31.6 Å². The van der Waals surface area contributed by atoms with Crippen molar-refractivity contribution < 1.29 is 9.72 Å². The fourth-order valence-electron chi connectivity index (χ4n) is 3.33. The van der Waals surface area contributed by atoms with Gasteiger partial charge in [0.15, 0.2) is 0 Å². The fraction of sp³-hybridized carbons (Fsp3) is 0.588. The van der Waals surface area contributed by atoms with E-state index in [0.29, 0.717) is 30.4 Å². The molecule has 7 nitrogen and oxygen atoms in total. The lowest BCUT2D eigenvalue weighted by atomic mass is 10.1. The molecule has 1 aromatic carbocycles. The van der Waals surface area contributed by atoms with Crippen molar-refractivity contribution in [2.24, 2.45) is 0 Å². The monoisotopic (exact) mass is 334 g/mol. The van der Waals surface area contributed by atoms with E-state index < -0.39 is 4.92 Å². The van der Waals surface area contributed by atoms with Crippen molar-refractivity contribution in [2.45, 2.75) is 26.3 Å². The second-order valence-corrected chi connectivity index (χ2v) is 6.27. The number of hydrogen-bond donors (Lipinski definition) is 0. The average molecular weight is 334 g/mol. The summed E-state index contributed by atoms with van der Waals surface area (Å²) >= 11 is 0. The number of carbonyl (C=O) groups is 1. The number of anilines is 1. The molecule has 0 aliphatic carbocycles. The molecule has 0 bridgehead atoms. The van der Waals surface area contributed by atoms with Crippen molar-refractivity contribution >= 4 is 17.3 Å². The molecular formula is C17H26N4O3. The van der Waals surface area contributed by atoms with Crippen LogP contribution in [0, 0.1) is 10.1 Å². The van der Waals surface area contributed by atoms with E-state index in [9.17, 15) is 14.9 Å². The molecule has 2 rings (SSSR count). The Morgan fingerprint density at radius 1 is 1.33 bits per heavy atom. The van der Waals surface area contributed by atoms with Crippen LogP contribution in [0.25, 0.3) is 0 Å². The Morgan fingerprint density at radius 3 is 2.54 bits per heavy atom. The van der Waals surface area contributed by atoms with E-state index in [0.717, 1.165) is 19.5 Å². The molecule has 7 heteroatoms. The first-order valence-electron chi connectivity index (χ1n) is 8.38. The second kappa shape index (κ2) is 7.61. The fourth-order valence-corrected chi connectivity index (χ4v) is 3.33. The predicted molar refractivity (Wildman–Crippen MR) is 94.7 cm³/mol. The number of nitrogens with zero attached hydrogens (tertiary/aromatic N) is 4. The van der Waals surface area contributed by atoms with Crippen molar-refractivity contribution in [3.8, 4) is 0 Å². The van der Waals surface area contributed by atoms with Crippen LogP contribution in [-0.4, -0.2) is 66.9 Å². The maximum Gasteiger partial charge on any atom is 0.293 e. The van der Waals surface area contributed by atoms with Gasteiger partial charge in [0.05, 0.1) is 4.92 Å². The van der Waals surface area contributed by atoms with Gasteiger partial charge >= 0.3 is 0 Å². The van der Waals surface area contributed by atoms with Crippen LogP contribution < -0.4 is 4.90 Å². The van der Waals surface area contributed by atoms with Crippen LogP contribution in [0.4, 0.5) is 11.4 Å². The van der Waals surface area contributed by atoms with Crippen LogP contribution in [0.15, 0.2) is 18.2 Å². The molecule has 1 unspecified atom stereocenters. The topological polar surface area (TPSA) is 69.9 Å². The summed E-state index contributed by atoms with van der Waals surface area (Å²) in [6.45, 7) is 7.56. The molecule has 0 saturated carbocycles. The SMILES string of the molecule is CCN(CC)C1CCN(C(=O)c2ccc(N(C)C)c([N+](=O)[O-])c2)C1. The van der Waals surface area contributed by atoms with E-state index in [1.807, 2.05) is 0 Å². The van der Waals surface area contributed by atoms with Gasteiger partial charge in [-0.15, -0.1) is 0 Å². The molecule has 1 aliphatic rings. The van der Waals surface area contributed by atoms with Gasteiger partial charge < -0.3 is 9.80 Å². The first-order chi connectivity index (χ1) is 11.4. The Balaban J connectivity index is 2.19. The number of rotatable bonds is 6. The third kappa shape index (κ3) is 3.67. The lowest BCUT2D eigenvalue weighted by Gasteiger charge is -2.26. The molecule has 1 amide bonds. The summed E-state index contributed by atoms with van der Waals surface area (Å²) < 4.78 is 0. The van der Waals surface area contributed by atoms with Gasteiger partial charge in [-0.25, -0.2) is 0 Å². The number of nitro groups is 1. The van der Waals surface area contributed by atoms with E-state index >= 15 is 0 Å². The van der Waals surface area contributed by atoms with Gasteiger partial charge in [0, 0.05) is 44.9 Å². The number of likely N-dealkylation sites (N-methyl/N-ethyl adjacent to an activating group) is 1. The molecule has 1 aliphatic heterocycles. The zero-order valence-corrected chi connectivity index (χ0v) is 14.9. The standard InChI is InChI=1S/C17H26N4O3/c1-5-19(6-2)14-9-10-20(12-14)17(22)13-7-8-15(18(3)4)16(11-13)21(23)24/h7-8,11,14H,5-6,9-10,12H2,1-4H3. The molecule has 1 saturated heterocycles. The highest BCUT2D eigenvalue weighted by molar-refractivity contribution is 5.96. The van der Waals surface area contributed by atoms with Gasteiger partial charge in [0.1, 0.15) is 5.69 Å². The Morgan fingerprint density at radius 2 is 2.00 bits per heavy atom. The Labute approximate surface area is 143 Å². The lowest BCUT2D eigenvalue weighted by Crippen LogP contribution is -2.38. The number of likely N-dealkylation sites (tertiary alicyclic amines) is 1. The summed E-state index contributed by atoms with van der Waals surface area (Å²) in [5.41, 5.74) is 0.844. The number of amides is 1. The van der Waals surface area contributed by atoms with Crippen LogP contribution in [0.5, 0.6) is 0 Å². The van der Waals surface area contributed by atoms with E-state index in [-0.39, 0.29) is 11.6 Å². The molecule has 1 fully saturated rings. The average Bonchev–Trinajstić information content (AvgIpc) is 3.04. The molecule has 24 heavy (non-hydrogen) atoms. The molecule has 1 atom stereocenters. The van der Waals surface area contributed by atoms with E-state index in [4.69, 9.17) is 0 Å². The summed E-state index contributed by atoms with van der Waals surface area (Å²) in [5, 5.41) is 11.3. The number of nitro benzene ring substituents is 1. The zero-order valence-electron chi connectivity index (χ0n) is 14.9. The second-order valence-electron chi connectivity index (χ2n) is 6.27. The molecule has 1 heterocycles. The van der Waals surface area contributed by atoms with Crippen molar-refractivity contribution in [3.05, 3.63) is 33.9 Å². The van der Waals surface area contributed by atoms with Gasteiger partial charge in [-0.2, -0.15) is 0 Å². The number of carbonyl (C=O) groups excluding carboxylic acids is 1. The van der Waals surface area contributed by atoms with Gasteiger partial charge in [-0.3, -0.25) is 19.8 Å². The van der Waals surface area contributed by atoms with Crippen LogP contribution in [-0.2, 0) is 0 Å². The minimum atomic E-state index is -0.436. The van der Waals surface area contributed by atoms with Crippen LogP contribution >= 0.6 is 0 Å². The summed E-state index contributed by atoms with van der Waals surface area (Å²) in [5.74, 6) is -0.127. The van der Waals surface area contributed by atoms with Crippen molar-refractivity contribution in [1.29, 1.82) is 0 Å². The minimum Gasteiger partial charge on any atom is -0.372 e. The molecular weight excluding hydrogens is 308 g/mol. The quantitative estimate of drug-likeness (QED) is 0.589. The molecule has 132 valence electrons. The molecule has 0 radical (unpaired) electrons. The minimum absolute atomic E-state index is 0.0367. The molecule has 1 aromatic rings. The number of hydrogen-bond acceptors (Lipinski definition) is 5. The summed E-state index contributed by atoms with van der Waals surface area (Å²) in [4.78, 5) is 29.4. The third-order valence-electron chi connectivity index (χ3n) is 4.68. The molecule has 0 aromatic heterocycles. The highest BCUT2D eigenvalue weighted by atomic mass is 16.6. The van der Waals surface area contributed by atoms with Gasteiger partial charge in [0.2, 0.25) is 0 Å². The first kappa shape index (κ1) is 18.2. The Bertz CT molecular complexity index is 614. The maximum absolute atomic E-state index is 12.7. The normalized spacial score (nSPS) is 17.4. The Kier molecular flexibility index (Phi) is 5.77. The van der Waals surface area contributed by atoms with E-state index in [1.165, 1.54) is 6.07 Å². The van der Waals surface area contributed by atoms with Crippen LogP contribution in [0.3, 0.4) is 0 Å². The van der Waals surface area contributed by atoms with Crippen LogP contribution in [0.1, 0.15) is 30.6 Å². The largest absolute Gasteiger partial charge is 0.372 e. The van der Waals surface area contributed by atoms with Crippen molar-refractivity contribution in [2.75, 3.05) is 45.2 Å². The third-order valence-corrected chi connectivity index (χ3v) is 4.68. The first-order valence-corrected chi connectivity index (χ1v) is 8.38. The predicted octanol–water partition coefficient (Wildman–Crippen LogP) is 2.22. The molecule has 0 spiro atoms. The zero-order chi connectivity index (χ0) is 17.9. The highest BCUT2D eigenvalue weighted by Gasteiger charge is 2.30. The Hall–Kier alpha value is -2.15. The van der Waals surface area contributed by atoms with E-state index in [1.54, 1.807) is 36.0 Å². The van der Waals surface area contributed by atoms with E-state index in [2.05, 4.69) is 18.7 Å². The van der Waals surface area contributed by atoms with Crippen molar-refractivity contribution in [1.82, 2.24) is 9.80 Å². The van der Waals surface area contributed by atoms with Gasteiger partial charge in [-0.1, -0.05) is 13.8 Å². The van der Waals surface area contributed by atoms with Crippen molar-refractivity contribution in [3.63, 3.8) is 0 Å².